The Morgan fingerprint density at radius 2 is 1.64 bits per heavy atom. The summed E-state index contributed by atoms with van der Waals surface area (Å²) < 4.78 is 29.0. The molecule has 22 heavy (non-hydrogen) atoms. The van der Waals surface area contributed by atoms with E-state index in [4.69, 9.17) is 0 Å². The first-order chi connectivity index (χ1) is 10.1. The second-order valence-electron chi connectivity index (χ2n) is 6.70. The molecule has 3 saturated heterocycles. The quantitative estimate of drug-likeness (QED) is 0.797. The van der Waals surface area contributed by atoms with Gasteiger partial charge in [0.15, 0.2) is 0 Å². The van der Waals surface area contributed by atoms with Crippen molar-refractivity contribution in [3.05, 3.63) is 0 Å². The van der Waals surface area contributed by atoms with Crippen molar-refractivity contribution < 1.29 is 8.42 Å². The van der Waals surface area contributed by atoms with Crippen molar-refractivity contribution >= 4 is 22.6 Å². The Labute approximate surface area is 140 Å². The summed E-state index contributed by atoms with van der Waals surface area (Å²) in [4.78, 5) is 2.45. The summed E-state index contributed by atoms with van der Waals surface area (Å²) in [6, 6.07) is 0.407. The number of piperazine rings is 1. The lowest BCUT2D eigenvalue weighted by molar-refractivity contribution is 0.178. The van der Waals surface area contributed by atoms with Crippen LogP contribution in [0, 0.1) is 5.92 Å². The van der Waals surface area contributed by atoms with Crippen molar-refractivity contribution in [2.24, 2.45) is 5.92 Å². The van der Waals surface area contributed by atoms with Crippen molar-refractivity contribution in [1.82, 2.24) is 18.8 Å². The molecule has 2 unspecified atom stereocenters. The van der Waals surface area contributed by atoms with E-state index in [0.29, 0.717) is 38.1 Å². The van der Waals surface area contributed by atoms with Crippen LogP contribution in [0.3, 0.4) is 0 Å². The van der Waals surface area contributed by atoms with Crippen molar-refractivity contribution in [1.29, 1.82) is 0 Å². The lowest BCUT2D eigenvalue weighted by atomic mass is 10.0. The number of halogens is 1. The number of hydrogen-bond acceptors (Lipinski definition) is 4. The molecule has 0 spiro atoms. The first kappa shape index (κ1) is 18.4. The van der Waals surface area contributed by atoms with Crippen LogP contribution in [-0.4, -0.2) is 80.3 Å². The standard InChI is InChI=1S/C14H28N4O2S.ClH/c1-13-3-2-7-17(11-13)21(19,20)18-8-4-14(12-18)16-9-5-15-6-10-16;/h13-15H,2-12H2,1H3;1H. The molecule has 3 rings (SSSR count). The molecule has 130 valence electrons. The van der Waals surface area contributed by atoms with E-state index < -0.39 is 10.2 Å². The number of piperidine rings is 1. The van der Waals surface area contributed by atoms with Crippen molar-refractivity contribution in [3.8, 4) is 0 Å². The molecular formula is C14H29ClN4O2S. The van der Waals surface area contributed by atoms with Crippen LogP contribution in [0.2, 0.25) is 0 Å². The van der Waals surface area contributed by atoms with Crippen molar-refractivity contribution in [2.45, 2.75) is 32.2 Å². The molecule has 0 aliphatic carbocycles. The maximum atomic E-state index is 12.8. The highest BCUT2D eigenvalue weighted by Crippen LogP contribution is 2.25. The molecule has 0 radical (unpaired) electrons. The number of rotatable bonds is 3. The summed E-state index contributed by atoms with van der Waals surface area (Å²) in [5.41, 5.74) is 0. The molecule has 1 N–H and O–H groups in total. The normalized spacial score (nSPS) is 32.8. The molecule has 2 atom stereocenters. The average Bonchev–Trinajstić information content (AvgIpc) is 2.99. The molecule has 3 aliphatic rings. The summed E-state index contributed by atoms with van der Waals surface area (Å²) in [6.45, 7) is 9.02. The lowest BCUT2D eigenvalue weighted by Gasteiger charge is -2.34. The lowest BCUT2D eigenvalue weighted by Crippen LogP contribution is -2.51. The third-order valence-electron chi connectivity index (χ3n) is 5.07. The molecule has 0 aromatic rings. The second kappa shape index (κ2) is 7.77. The van der Waals surface area contributed by atoms with Crippen LogP contribution in [0.4, 0.5) is 0 Å². The van der Waals surface area contributed by atoms with Gasteiger partial charge in [0.2, 0.25) is 0 Å². The fourth-order valence-corrected chi connectivity index (χ4v) is 5.61. The zero-order valence-electron chi connectivity index (χ0n) is 13.4. The van der Waals surface area contributed by atoms with Crippen LogP contribution in [0.25, 0.3) is 0 Å². The highest BCUT2D eigenvalue weighted by atomic mass is 35.5. The molecule has 3 aliphatic heterocycles. The molecule has 3 heterocycles. The first-order valence-corrected chi connectivity index (χ1v) is 9.67. The van der Waals surface area contributed by atoms with Crippen LogP contribution >= 0.6 is 12.4 Å². The SMILES string of the molecule is CC1CCCN(S(=O)(=O)N2CCC(N3CCNCC3)C2)C1.Cl. The first-order valence-electron chi connectivity index (χ1n) is 8.27. The Morgan fingerprint density at radius 1 is 0.955 bits per heavy atom. The van der Waals surface area contributed by atoms with Crippen LogP contribution in [0.1, 0.15) is 26.2 Å². The molecule has 0 bridgehead atoms. The Bertz CT molecular complexity index is 456. The summed E-state index contributed by atoms with van der Waals surface area (Å²) in [5, 5.41) is 3.35. The van der Waals surface area contributed by atoms with Gasteiger partial charge in [0, 0.05) is 58.4 Å². The van der Waals surface area contributed by atoms with Gasteiger partial charge in [-0.15, -0.1) is 12.4 Å². The van der Waals surface area contributed by atoms with E-state index in [1.54, 1.807) is 8.61 Å². The van der Waals surface area contributed by atoms with E-state index in [1.807, 2.05) is 0 Å². The molecule has 0 aromatic carbocycles. The van der Waals surface area contributed by atoms with Crippen molar-refractivity contribution in [2.75, 3.05) is 52.4 Å². The van der Waals surface area contributed by atoms with Gasteiger partial charge in [-0.1, -0.05) is 6.92 Å². The van der Waals surface area contributed by atoms with E-state index in [0.717, 1.165) is 45.4 Å². The number of nitrogens with one attached hydrogen (secondary N) is 1. The zero-order valence-corrected chi connectivity index (χ0v) is 15.0. The minimum atomic E-state index is -3.24. The fourth-order valence-electron chi connectivity index (χ4n) is 3.78. The molecule has 8 heteroatoms. The van der Waals surface area contributed by atoms with Gasteiger partial charge in [0.25, 0.3) is 10.2 Å². The average molecular weight is 353 g/mol. The largest absolute Gasteiger partial charge is 0.314 e. The Morgan fingerprint density at radius 3 is 2.32 bits per heavy atom. The number of nitrogens with zero attached hydrogens (tertiary/aromatic N) is 3. The third-order valence-corrected chi connectivity index (χ3v) is 7.03. The van der Waals surface area contributed by atoms with Gasteiger partial charge in [-0.25, -0.2) is 0 Å². The Balaban J connectivity index is 0.00000176. The molecular weight excluding hydrogens is 324 g/mol. The van der Waals surface area contributed by atoms with Gasteiger partial charge in [-0.2, -0.15) is 17.0 Å². The van der Waals surface area contributed by atoms with Crippen LogP contribution in [0.15, 0.2) is 0 Å². The van der Waals surface area contributed by atoms with Crippen LogP contribution < -0.4 is 5.32 Å². The minimum Gasteiger partial charge on any atom is -0.314 e. The molecule has 0 aromatic heterocycles. The maximum Gasteiger partial charge on any atom is 0.282 e. The topological polar surface area (TPSA) is 55.9 Å². The van der Waals surface area contributed by atoms with E-state index in [1.165, 1.54) is 0 Å². The molecule has 0 amide bonds. The third kappa shape index (κ3) is 3.94. The summed E-state index contributed by atoms with van der Waals surface area (Å²) >= 11 is 0. The fraction of sp³-hybridized carbons (Fsp3) is 1.00. The zero-order chi connectivity index (χ0) is 14.9. The van der Waals surface area contributed by atoms with Gasteiger partial charge in [0.05, 0.1) is 0 Å². The predicted octanol–water partition coefficient (Wildman–Crippen LogP) is 0.364. The van der Waals surface area contributed by atoms with Gasteiger partial charge in [-0.05, 0) is 25.2 Å². The van der Waals surface area contributed by atoms with Crippen LogP contribution in [-0.2, 0) is 10.2 Å². The molecule has 6 nitrogen and oxygen atoms in total. The van der Waals surface area contributed by atoms with Crippen LogP contribution in [0.5, 0.6) is 0 Å². The van der Waals surface area contributed by atoms with Crippen molar-refractivity contribution in [3.63, 3.8) is 0 Å². The van der Waals surface area contributed by atoms with E-state index in [2.05, 4.69) is 17.1 Å². The van der Waals surface area contributed by atoms with E-state index >= 15 is 0 Å². The molecule has 0 saturated carbocycles. The Hall–Kier alpha value is 0.0800. The monoisotopic (exact) mass is 352 g/mol. The summed E-state index contributed by atoms with van der Waals surface area (Å²) in [6.07, 6.45) is 3.12. The van der Waals surface area contributed by atoms with E-state index in [-0.39, 0.29) is 12.4 Å². The Kier molecular flexibility index (Phi) is 6.50. The summed E-state index contributed by atoms with van der Waals surface area (Å²) in [7, 11) is -3.24. The minimum absolute atomic E-state index is 0. The number of hydrogen-bond donors (Lipinski definition) is 1. The smallest absolute Gasteiger partial charge is 0.282 e. The maximum absolute atomic E-state index is 12.8. The van der Waals surface area contributed by atoms with Gasteiger partial charge in [-0.3, -0.25) is 4.90 Å². The highest BCUT2D eigenvalue weighted by molar-refractivity contribution is 7.86. The summed E-state index contributed by atoms with van der Waals surface area (Å²) in [5.74, 6) is 0.486. The predicted molar refractivity (Wildman–Crippen MR) is 90.6 cm³/mol. The van der Waals surface area contributed by atoms with E-state index in [9.17, 15) is 8.42 Å². The van der Waals surface area contributed by atoms with Gasteiger partial charge >= 0.3 is 0 Å². The van der Waals surface area contributed by atoms with Gasteiger partial charge < -0.3 is 5.32 Å². The van der Waals surface area contributed by atoms with Gasteiger partial charge in [0.1, 0.15) is 0 Å². The highest BCUT2D eigenvalue weighted by Gasteiger charge is 2.38. The second-order valence-corrected chi connectivity index (χ2v) is 8.63. The molecule has 3 fully saturated rings.